The summed E-state index contributed by atoms with van der Waals surface area (Å²) in [5.41, 5.74) is -2.08. The molecule has 1 aromatic rings. The molecule has 0 aliphatic heterocycles. The van der Waals surface area contributed by atoms with Crippen molar-refractivity contribution >= 4 is 17.9 Å². The highest BCUT2D eigenvalue weighted by Gasteiger charge is 2.73. The predicted molar refractivity (Wildman–Crippen MR) is 116 cm³/mol. The summed E-state index contributed by atoms with van der Waals surface area (Å²) >= 11 is 0. The molecule has 2 saturated carbocycles. The van der Waals surface area contributed by atoms with Gasteiger partial charge in [-0.3, -0.25) is 14.4 Å². The van der Waals surface area contributed by atoms with E-state index in [9.17, 15) is 19.5 Å². The molecule has 0 aromatic carbocycles. The van der Waals surface area contributed by atoms with Gasteiger partial charge in [-0.1, -0.05) is 20.8 Å². The molecular formula is C25H34O8. The minimum atomic E-state index is -1.33. The quantitative estimate of drug-likeness (QED) is 0.539. The van der Waals surface area contributed by atoms with Crippen molar-refractivity contribution in [3.05, 3.63) is 23.7 Å². The van der Waals surface area contributed by atoms with E-state index in [2.05, 4.69) is 0 Å². The fourth-order valence-corrected chi connectivity index (χ4v) is 7.24. The number of furan rings is 1. The normalized spacial score (nSPS) is 38.8. The molecule has 7 atom stereocenters. The van der Waals surface area contributed by atoms with Gasteiger partial charge >= 0.3 is 17.9 Å². The molecule has 0 saturated heterocycles. The summed E-state index contributed by atoms with van der Waals surface area (Å²) in [7, 11) is 1.33. The zero-order valence-electron chi connectivity index (χ0n) is 20.2. The molecule has 1 N–H and O–H groups in total. The second kappa shape index (κ2) is 7.86. The van der Waals surface area contributed by atoms with Gasteiger partial charge in [0.1, 0.15) is 18.0 Å². The predicted octanol–water partition coefficient (Wildman–Crippen LogP) is 3.15. The zero-order chi connectivity index (χ0) is 24.3. The van der Waals surface area contributed by atoms with E-state index in [4.69, 9.17) is 18.6 Å². The summed E-state index contributed by atoms with van der Waals surface area (Å²) in [5.74, 6) is -2.26. The third-order valence-corrected chi connectivity index (χ3v) is 8.86. The van der Waals surface area contributed by atoms with Crippen molar-refractivity contribution < 1.29 is 38.1 Å². The standard InChI is InChI=1S/C25H34O8/c1-13(26)32-18-12-25(29)23(3,4)9-7-19(33-14(2)27)24(25,5)16-11-17-15(8-10-31-17)20(21(16)18)22(28)30-6/h8,10,16,18-21,29H,7,9,11-12H2,1-6H3/t16-,18-,19-,20+,21?,24-,25-/m0/s1. The van der Waals surface area contributed by atoms with Gasteiger partial charge in [0.05, 0.1) is 24.9 Å². The van der Waals surface area contributed by atoms with Gasteiger partial charge in [0.25, 0.3) is 0 Å². The number of aliphatic hydroxyl groups is 1. The van der Waals surface area contributed by atoms with Crippen molar-refractivity contribution in [2.75, 3.05) is 7.11 Å². The van der Waals surface area contributed by atoms with Crippen LogP contribution in [0, 0.1) is 22.7 Å². The molecule has 1 aromatic heterocycles. The second-order valence-corrected chi connectivity index (χ2v) is 10.7. The Bertz CT molecular complexity index is 963. The fourth-order valence-electron chi connectivity index (χ4n) is 7.24. The van der Waals surface area contributed by atoms with Crippen LogP contribution in [0.4, 0.5) is 0 Å². The average molecular weight is 463 g/mol. The number of ether oxygens (including phenoxy) is 3. The Morgan fingerprint density at radius 2 is 1.79 bits per heavy atom. The van der Waals surface area contributed by atoms with E-state index in [0.29, 0.717) is 30.6 Å². The van der Waals surface area contributed by atoms with E-state index < -0.39 is 58.4 Å². The number of hydrogen-bond donors (Lipinski definition) is 1. The van der Waals surface area contributed by atoms with Crippen LogP contribution in [-0.4, -0.2) is 47.9 Å². The monoisotopic (exact) mass is 462 g/mol. The van der Waals surface area contributed by atoms with Crippen molar-refractivity contribution in [3.63, 3.8) is 0 Å². The summed E-state index contributed by atoms with van der Waals surface area (Å²) in [6.45, 7) is 8.65. The van der Waals surface area contributed by atoms with Crippen LogP contribution in [0.1, 0.15) is 71.1 Å². The molecule has 3 aliphatic carbocycles. The molecule has 1 unspecified atom stereocenters. The molecule has 33 heavy (non-hydrogen) atoms. The van der Waals surface area contributed by atoms with Gasteiger partial charge in [0.15, 0.2) is 0 Å². The van der Waals surface area contributed by atoms with Crippen LogP contribution in [-0.2, 0) is 35.0 Å². The number of carbonyl (C=O) groups excluding carboxylic acids is 3. The Hall–Kier alpha value is -2.35. The first kappa shape index (κ1) is 23.8. The van der Waals surface area contributed by atoms with Crippen LogP contribution < -0.4 is 0 Å². The summed E-state index contributed by atoms with van der Waals surface area (Å²) in [5, 5.41) is 12.4. The van der Waals surface area contributed by atoms with E-state index >= 15 is 0 Å². The van der Waals surface area contributed by atoms with Gasteiger partial charge in [-0.25, -0.2) is 0 Å². The molecule has 4 rings (SSSR count). The maximum absolute atomic E-state index is 13.1. The highest BCUT2D eigenvalue weighted by molar-refractivity contribution is 5.79. The number of methoxy groups -OCH3 is 1. The summed E-state index contributed by atoms with van der Waals surface area (Å²) in [6.07, 6.45) is 2.04. The van der Waals surface area contributed by atoms with E-state index in [1.54, 1.807) is 12.3 Å². The molecule has 0 spiro atoms. The third-order valence-electron chi connectivity index (χ3n) is 8.86. The Labute approximate surface area is 193 Å². The van der Waals surface area contributed by atoms with Crippen molar-refractivity contribution in [2.45, 2.75) is 84.0 Å². The lowest BCUT2D eigenvalue weighted by Crippen LogP contribution is -2.74. The van der Waals surface area contributed by atoms with Gasteiger partial charge in [-0.2, -0.15) is 0 Å². The average Bonchev–Trinajstić information content (AvgIpc) is 3.19. The van der Waals surface area contributed by atoms with Crippen molar-refractivity contribution in [2.24, 2.45) is 22.7 Å². The van der Waals surface area contributed by atoms with E-state index in [-0.39, 0.29) is 12.3 Å². The molecule has 0 amide bonds. The first-order chi connectivity index (χ1) is 15.4. The Kier molecular flexibility index (Phi) is 5.67. The first-order valence-corrected chi connectivity index (χ1v) is 11.6. The molecule has 182 valence electrons. The Balaban J connectivity index is 1.95. The van der Waals surface area contributed by atoms with Crippen LogP contribution in [0.25, 0.3) is 0 Å². The van der Waals surface area contributed by atoms with E-state index in [0.717, 1.165) is 0 Å². The largest absolute Gasteiger partial charge is 0.469 e. The maximum atomic E-state index is 13.1. The minimum Gasteiger partial charge on any atom is -0.469 e. The minimum absolute atomic E-state index is 0.135. The van der Waals surface area contributed by atoms with Crippen LogP contribution >= 0.6 is 0 Å². The second-order valence-electron chi connectivity index (χ2n) is 10.7. The molecule has 8 nitrogen and oxygen atoms in total. The lowest BCUT2D eigenvalue weighted by Gasteiger charge is -2.68. The number of hydrogen-bond acceptors (Lipinski definition) is 8. The van der Waals surface area contributed by atoms with Crippen molar-refractivity contribution in [3.8, 4) is 0 Å². The molecule has 0 radical (unpaired) electrons. The molecule has 2 fully saturated rings. The molecule has 8 heteroatoms. The number of esters is 3. The SMILES string of the molecule is COC(=O)[C@@H]1c2ccoc2C[C@H]2C1[C@@H](OC(C)=O)C[C@]1(O)C(C)(C)CC[C@H](OC(C)=O)[C@]21C. The number of fused-ring (bicyclic) bond motifs is 4. The van der Waals surface area contributed by atoms with Gasteiger partial charge in [0, 0.05) is 43.6 Å². The van der Waals surface area contributed by atoms with Crippen LogP contribution in [0.3, 0.4) is 0 Å². The fraction of sp³-hybridized carbons (Fsp3) is 0.720. The number of rotatable bonds is 3. The Morgan fingerprint density at radius 1 is 1.12 bits per heavy atom. The van der Waals surface area contributed by atoms with Crippen molar-refractivity contribution in [1.29, 1.82) is 0 Å². The summed E-state index contributed by atoms with van der Waals surface area (Å²) < 4.78 is 22.6. The van der Waals surface area contributed by atoms with E-state index in [1.807, 2.05) is 20.8 Å². The topological polar surface area (TPSA) is 112 Å². The molecular weight excluding hydrogens is 428 g/mol. The molecule has 0 bridgehead atoms. The van der Waals surface area contributed by atoms with Crippen LogP contribution in [0.2, 0.25) is 0 Å². The zero-order valence-corrected chi connectivity index (χ0v) is 20.2. The van der Waals surface area contributed by atoms with Gasteiger partial charge < -0.3 is 23.7 Å². The van der Waals surface area contributed by atoms with Crippen LogP contribution in [0.5, 0.6) is 0 Å². The Morgan fingerprint density at radius 3 is 2.39 bits per heavy atom. The maximum Gasteiger partial charge on any atom is 0.313 e. The highest BCUT2D eigenvalue weighted by atomic mass is 16.6. The van der Waals surface area contributed by atoms with E-state index in [1.165, 1.54) is 21.0 Å². The lowest BCUT2D eigenvalue weighted by atomic mass is 9.40. The van der Waals surface area contributed by atoms with Gasteiger partial charge in [-0.05, 0) is 30.2 Å². The van der Waals surface area contributed by atoms with Gasteiger partial charge in [-0.15, -0.1) is 0 Å². The molecule has 3 aliphatic rings. The third kappa shape index (κ3) is 3.32. The lowest BCUT2D eigenvalue weighted by molar-refractivity contribution is -0.298. The van der Waals surface area contributed by atoms with Crippen LogP contribution in [0.15, 0.2) is 16.7 Å². The summed E-state index contributed by atoms with van der Waals surface area (Å²) in [4.78, 5) is 37.3. The summed E-state index contributed by atoms with van der Waals surface area (Å²) in [6, 6.07) is 1.76. The highest BCUT2D eigenvalue weighted by Crippen LogP contribution is 2.67. The molecule has 1 heterocycles. The smallest absolute Gasteiger partial charge is 0.313 e. The van der Waals surface area contributed by atoms with Crippen molar-refractivity contribution in [1.82, 2.24) is 0 Å². The first-order valence-electron chi connectivity index (χ1n) is 11.6. The number of carbonyl (C=O) groups is 3. The van der Waals surface area contributed by atoms with Gasteiger partial charge in [0.2, 0.25) is 0 Å².